The molecule has 0 radical (unpaired) electrons. The van der Waals surface area contributed by atoms with Crippen molar-refractivity contribution in [1.82, 2.24) is 0 Å². The Morgan fingerprint density at radius 2 is 1.36 bits per heavy atom. The molecule has 0 N–H and O–H groups in total. The topological polar surface area (TPSA) is 3.24 Å². The summed E-state index contributed by atoms with van der Waals surface area (Å²) in [5.41, 5.74) is 4.89. The second kappa shape index (κ2) is 11.6. The molecule has 0 aliphatic rings. The van der Waals surface area contributed by atoms with E-state index in [4.69, 9.17) is 0 Å². The fraction of sp³-hybridized carbons (Fsp3) is 0.333. The highest BCUT2D eigenvalue weighted by Crippen LogP contribution is 2.23. The third kappa shape index (κ3) is 9.02. The molecule has 0 aliphatic heterocycles. The van der Waals surface area contributed by atoms with Gasteiger partial charge < -0.3 is 4.90 Å². The lowest BCUT2D eigenvalue weighted by Gasteiger charge is -2.19. The third-order valence-electron chi connectivity index (χ3n) is 2.53. The molecule has 0 bridgehead atoms. The van der Waals surface area contributed by atoms with Crippen LogP contribution >= 0.6 is 0 Å². The van der Waals surface area contributed by atoms with Crippen molar-refractivity contribution in [3.63, 3.8) is 0 Å². The molecule has 0 fully saturated rings. The van der Waals surface area contributed by atoms with Gasteiger partial charge >= 0.3 is 0 Å². The second-order valence-electron chi connectivity index (χ2n) is 5.65. The summed E-state index contributed by atoms with van der Waals surface area (Å²) in [5.74, 6) is 0. The first-order valence-electron chi connectivity index (χ1n) is 7.89. The summed E-state index contributed by atoms with van der Waals surface area (Å²) in [6, 6.07) is 18.9. The Labute approximate surface area is 137 Å². The van der Waals surface area contributed by atoms with Crippen LogP contribution in [0.25, 0.3) is 0 Å². The number of hydrogen-bond donors (Lipinski definition) is 0. The SMILES string of the molecule is C=C(C)C.CCC.Cc1cccc(N(C)c2ccccc2)c1. The second-order valence-corrected chi connectivity index (χ2v) is 5.65. The Hall–Kier alpha value is -2.02. The molecule has 1 nitrogen and oxygen atoms in total. The van der Waals surface area contributed by atoms with Crippen molar-refractivity contribution < 1.29 is 0 Å². The lowest BCUT2D eigenvalue weighted by Crippen LogP contribution is -2.08. The predicted octanol–water partition coefficient (Wildman–Crippen LogP) is 6.76. The molecule has 2 aromatic carbocycles. The molecular weight excluding hydrogens is 266 g/mol. The van der Waals surface area contributed by atoms with Gasteiger partial charge in [0.2, 0.25) is 0 Å². The van der Waals surface area contributed by atoms with Crippen molar-refractivity contribution in [3.05, 3.63) is 72.3 Å². The number of aryl methyl sites for hydroxylation is 1. The van der Waals surface area contributed by atoms with Crippen molar-refractivity contribution in [2.75, 3.05) is 11.9 Å². The highest BCUT2D eigenvalue weighted by molar-refractivity contribution is 5.62. The van der Waals surface area contributed by atoms with Crippen molar-refractivity contribution in [3.8, 4) is 0 Å². The number of anilines is 2. The van der Waals surface area contributed by atoms with E-state index >= 15 is 0 Å². The van der Waals surface area contributed by atoms with E-state index in [0.29, 0.717) is 0 Å². The zero-order chi connectivity index (χ0) is 17.0. The monoisotopic (exact) mass is 297 g/mol. The summed E-state index contributed by atoms with van der Waals surface area (Å²) in [6.07, 6.45) is 1.25. The fourth-order valence-corrected chi connectivity index (χ4v) is 1.64. The van der Waals surface area contributed by atoms with Crippen LogP contribution in [0, 0.1) is 6.92 Å². The minimum Gasteiger partial charge on any atom is -0.345 e. The standard InChI is InChI=1S/C14H15N.C4H8.C3H8/c1-12-7-6-10-14(11-12)15(2)13-8-4-3-5-9-13;1-4(2)3;1-3-2/h3-11H,1-2H3;1H2,2-3H3;3H2,1-2H3. The molecule has 0 atom stereocenters. The van der Waals surface area contributed by atoms with Gasteiger partial charge in [0.1, 0.15) is 0 Å². The van der Waals surface area contributed by atoms with Crippen LogP contribution in [-0.4, -0.2) is 7.05 Å². The third-order valence-corrected chi connectivity index (χ3v) is 2.53. The molecule has 0 heterocycles. The highest BCUT2D eigenvalue weighted by Gasteiger charge is 2.01. The lowest BCUT2D eigenvalue weighted by atomic mass is 10.2. The van der Waals surface area contributed by atoms with Crippen LogP contribution in [0.1, 0.15) is 39.7 Å². The molecule has 0 saturated heterocycles. The van der Waals surface area contributed by atoms with Gasteiger partial charge in [-0.25, -0.2) is 0 Å². The normalized spacial score (nSPS) is 8.82. The molecule has 2 rings (SSSR count). The van der Waals surface area contributed by atoms with Gasteiger partial charge in [-0.05, 0) is 50.6 Å². The van der Waals surface area contributed by atoms with Crippen molar-refractivity contribution >= 4 is 11.4 Å². The largest absolute Gasteiger partial charge is 0.345 e. The van der Waals surface area contributed by atoms with E-state index in [1.165, 1.54) is 28.9 Å². The van der Waals surface area contributed by atoms with Crippen molar-refractivity contribution in [1.29, 1.82) is 0 Å². The van der Waals surface area contributed by atoms with E-state index in [9.17, 15) is 0 Å². The Balaban J connectivity index is 0.000000537. The maximum absolute atomic E-state index is 3.56. The van der Waals surface area contributed by atoms with Crippen LogP contribution in [0.3, 0.4) is 0 Å². The summed E-state index contributed by atoms with van der Waals surface area (Å²) >= 11 is 0. The summed E-state index contributed by atoms with van der Waals surface area (Å²) in [5, 5.41) is 0. The molecule has 0 spiro atoms. The zero-order valence-corrected chi connectivity index (χ0v) is 15.1. The van der Waals surface area contributed by atoms with Crippen molar-refractivity contribution in [2.45, 2.75) is 41.0 Å². The van der Waals surface area contributed by atoms with Crippen LogP contribution < -0.4 is 4.90 Å². The quantitative estimate of drug-likeness (QED) is 0.553. The van der Waals surface area contributed by atoms with Crippen LogP contribution in [0.15, 0.2) is 66.7 Å². The summed E-state index contributed by atoms with van der Waals surface area (Å²) < 4.78 is 0. The van der Waals surface area contributed by atoms with E-state index in [-0.39, 0.29) is 0 Å². The number of para-hydroxylation sites is 1. The van der Waals surface area contributed by atoms with E-state index in [1.807, 2.05) is 19.9 Å². The predicted molar refractivity (Wildman–Crippen MR) is 102 cm³/mol. The zero-order valence-electron chi connectivity index (χ0n) is 15.1. The van der Waals surface area contributed by atoms with Gasteiger partial charge in [-0.3, -0.25) is 0 Å². The van der Waals surface area contributed by atoms with E-state index in [2.05, 4.69) is 87.8 Å². The minimum atomic E-state index is 1.17. The first-order chi connectivity index (χ1) is 10.4. The molecule has 0 aromatic heterocycles. The van der Waals surface area contributed by atoms with Gasteiger partial charge in [-0.15, -0.1) is 6.58 Å². The number of allylic oxidation sites excluding steroid dienone is 1. The van der Waals surface area contributed by atoms with Gasteiger partial charge in [-0.2, -0.15) is 0 Å². The van der Waals surface area contributed by atoms with E-state index in [0.717, 1.165) is 0 Å². The molecule has 22 heavy (non-hydrogen) atoms. The van der Waals surface area contributed by atoms with Gasteiger partial charge in [0.05, 0.1) is 0 Å². The molecular formula is C21H31N. The van der Waals surface area contributed by atoms with Gasteiger partial charge in [0.25, 0.3) is 0 Å². The van der Waals surface area contributed by atoms with Crippen LogP contribution in [0.4, 0.5) is 11.4 Å². The number of rotatable bonds is 2. The molecule has 0 aliphatic carbocycles. The summed E-state index contributed by atoms with van der Waals surface area (Å²) in [6.45, 7) is 13.9. The Kier molecular flexibility index (Phi) is 10.6. The number of hydrogen-bond acceptors (Lipinski definition) is 1. The van der Waals surface area contributed by atoms with Crippen LogP contribution in [-0.2, 0) is 0 Å². The molecule has 2 aromatic rings. The van der Waals surface area contributed by atoms with Gasteiger partial charge in [-0.1, -0.05) is 56.2 Å². The summed E-state index contributed by atoms with van der Waals surface area (Å²) in [4.78, 5) is 2.19. The van der Waals surface area contributed by atoms with Gasteiger partial charge in [0, 0.05) is 18.4 Å². The van der Waals surface area contributed by atoms with E-state index < -0.39 is 0 Å². The lowest BCUT2D eigenvalue weighted by molar-refractivity contribution is 1.09. The molecule has 0 unspecified atom stereocenters. The van der Waals surface area contributed by atoms with Crippen LogP contribution in [0.5, 0.6) is 0 Å². The number of benzene rings is 2. The molecule has 0 amide bonds. The Morgan fingerprint density at radius 1 is 0.909 bits per heavy atom. The first kappa shape index (κ1) is 20.0. The average Bonchev–Trinajstić information content (AvgIpc) is 2.48. The van der Waals surface area contributed by atoms with Crippen molar-refractivity contribution in [2.24, 2.45) is 0 Å². The highest BCUT2D eigenvalue weighted by atomic mass is 15.1. The smallest absolute Gasteiger partial charge is 0.0410 e. The first-order valence-corrected chi connectivity index (χ1v) is 7.89. The molecule has 0 saturated carbocycles. The van der Waals surface area contributed by atoms with Crippen LogP contribution in [0.2, 0.25) is 0 Å². The minimum absolute atomic E-state index is 1.17. The Morgan fingerprint density at radius 3 is 1.82 bits per heavy atom. The maximum Gasteiger partial charge on any atom is 0.0410 e. The van der Waals surface area contributed by atoms with E-state index in [1.54, 1.807) is 0 Å². The fourth-order valence-electron chi connectivity index (χ4n) is 1.64. The Bertz CT molecular complexity index is 525. The molecule has 1 heteroatoms. The summed E-state index contributed by atoms with van der Waals surface area (Å²) in [7, 11) is 2.09. The molecule has 120 valence electrons. The number of nitrogens with zero attached hydrogens (tertiary/aromatic N) is 1. The van der Waals surface area contributed by atoms with Gasteiger partial charge in [0.15, 0.2) is 0 Å². The average molecular weight is 297 g/mol. The maximum atomic E-state index is 3.56.